The van der Waals surface area contributed by atoms with Crippen LogP contribution in [0.3, 0.4) is 0 Å². The van der Waals surface area contributed by atoms with Gasteiger partial charge in [0, 0.05) is 22.5 Å². The molecule has 0 saturated heterocycles. The fourth-order valence-corrected chi connectivity index (χ4v) is 2.94. The van der Waals surface area contributed by atoms with Crippen LogP contribution in [0.2, 0.25) is 5.02 Å². The Balaban J connectivity index is 1.51. The van der Waals surface area contributed by atoms with Crippen LogP contribution in [0.4, 0.5) is 0 Å². The zero-order valence-electron chi connectivity index (χ0n) is 13.4. The molecule has 0 bridgehead atoms. The second-order valence-electron chi connectivity index (χ2n) is 5.43. The highest BCUT2D eigenvalue weighted by Crippen LogP contribution is 2.15. The second-order valence-corrected chi connectivity index (χ2v) is 6.58. The van der Waals surface area contributed by atoms with Crippen LogP contribution in [-0.4, -0.2) is 17.4 Å². The third kappa shape index (κ3) is 5.31. The lowest BCUT2D eigenvalue weighted by Gasteiger charge is -2.08. The molecule has 1 aromatic heterocycles. The molecule has 0 spiro atoms. The average molecular weight is 373 g/mol. The lowest BCUT2D eigenvalue weighted by Crippen LogP contribution is -2.25. The average Bonchev–Trinajstić information content (AvgIpc) is 3.15. The molecule has 0 radical (unpaired) electrons. The van der Waals surface area contributed by atoms with Crippen molar-refractivity contribution in [2.45, 2.75) is 13.0 Å². The van der Waals surface area contributed by atoms with Gasteiger partial charge in [0.15, 0.2) is 0 Å². The molecule has 1 N–H and O–H groups in total. The van der Waals surface area contributed by atoms with E-state index in [1.54, 1.807) is 17.6 Å². The second kappa shape index (κ2) is 8.65. The van der Waals surface area contributed by atoms with E-state index in [9.17, 15) is 4.79 Å². The number of aromatic nitrogens is 1. The highest BCUT2D eigenvalue weighted by molar-refractivity contribution is 7.07. The molecular formula is C19H17ClN2O2S. The lowest BCUT2D eigenvalue weighted by atomic mass is 10.1. The molecule has 4 nitrogen and oxygen atoms in total. The maximum Gasteiger partial charge on any atom is 0.251 e. The Morgan fingerprint density at radius 3 is 2.80 bits per heavy atom. The number of hydrogen-bond donors (Lipinski definition) is 1. The smallest absolute Gasteiger partial charge is 0.251 e. The van der Waals surface area contributed by atoms with Gasteiger partial charge < -0.3 is 10.1 Å². The minimum absolute atomic E-state index is 0.118. The molecule has 2 aromatic carbocycles. The summed E-state index contributed by atoms with van der Waals surface area (Å²) in [6.07, 6.45) is 0.753. The topological polar surface area (TPSA) is 51.2 Å². The molecule has 0 aliphatic carbocycles. The maximum absolute atomic E-state index is 12.3. The van der Waals surface area contributed by atoms with E-state index < -0.39 is 0 Å². The molecule has 1 amide bonds. The van der Waals surface area contributed by atoms with Crippen LogP contribution in [-0.2, 0) is 13.0 Å². The zero-order chi connectivity index (χ0) is 17.5. The van der Waals surface area contributed by atoms with Crippen molar-refractivity contribution in [3.63, 3.8) is 0 Å². The number of benzene rings is 2. The van der Waals surface area contributed by atoms with Gasteiger partial charge in [0.1, 0.15) is 12.4 Å². The van der Waals surface area contributed by atoms with Crippen molar-refractivity contribution in [1.29, 1.82) is 0 Å². The van der Waals surface area contributed by atoms with E-state index >= 15 is 0 Å². The summed E-state index contributed by atoms with van der Waals surface area (Å²) in [6, 6.07) is 14.8. The quantitative estimate of drug-likeness (QED) is 0.670. The van der Waals surface area contributed by atoms with Crippen molar-refractivity contribution < 1.29 is 9.53 Å². The number of carbonyl (C=O) groups is 1. The van der Waals surface area contributed by atoms with Crippen molar-refractivity contribution in [3.8, 4) is 5.75 Å². The molecule has 6 heteroatoms. The predicted octanol–water partition coefficient (Wildman–Crippen LogP) is 4.35. The van der Waals surface area contributed by atoms with Crippen LogP contribution < -0.4 is 10.1 Å². The van der Waals surface area contributed by atoms with Crippen molar-refractivity contribution in [2.24, 2.45) is 0 Å². The van der Waals surface area contributed by atoms with Crippen molar-refractivity contribution in [2.75, 3.05) is 6.54 Å². The number of nitrogens with zero attached hydrogens (tertiary/aromatic N) is 1. The first-order valence-electron chi connectivity index (χ1n) is 7.83. The summed E-state index contributed by atoms with van der Waals surface area (Å²) in [6.45, 7) is 0.954. The van der Waals surface area contributed by atoms with Crippen LogP contribution in [0, 0.1) is 0 Å². The third-order valence-corrected chi connectivity index (χ3v) is 4.47. The van der Waals surface area contributed by atoms with Gasteiger partial charge in [0.05, 0.1) is 11.2 Å². The molecule has 1 heterocycles. The SMILES string of the molecule is O=C(NCCc1ccc(Cl)cc1)c1cccc(OCc2cscn2)c1. The first-order chi connectivity index (χ1) is 12.2. The number of halogens is 1. The number of hydrogen-bond acceptors (Lipinski definition) is 4. The van der Waals surface area contributed by atoms with E-state index in [0.717, 1.165) is 17.7 Å². The Morgan fingerprint density at radius 2 is 2.04 bits per heavy atom. The fourth-order valence-electron chi connectivity index (χ4n) is 2.27. The Bertz CT molecular complexity index is 820. The van der Waals surface area contributed by atoms with Gasteiger partial charge in [-0.15, -0.1) is 11.3 Å². The minimum Gasteiger partial charge on any atom is -0.487 e. The van der Waals surface area contributed by atoms with E-state index in [4.69, 9.17) is 16.3 Å². The molecular weight excluding hydrogens is 356 g/mol. The monoisotopic (exact) mass is 372 g/mol. The fraction of sp³-hybridized carbons (Fsp3) is 0.158. The molecule has 0 aliphatic rings. The number of rotatable bonds is 7. The summed E-state index contributed by atoms with van der Waals surface area (Å²) in [7, 11) is 0. The first kappa shape index (κ1) is 17.5. The van der Waals surface area contributed by atoms with E-state index in [-0.39, 0.29) is 5.91 Å². The first-order valence-corrected chi connectivity index (χ1v) is 9.15. The van der Waals surface area contributed by atoms with Gasteiger partial charge in [-0.1, -0.05) is 29.8 Å². The van der Waals surface area contributed by atoms with Gasteiger partial charge in [0.25, 0.3) is 5.91 Å². The molecule has 0 unspecified atom stereocenters. The maximum atomic E-state index is 12.3. The van der Waals surface area contributed by atoms with E-state index in [1.807, 2.05) is 41.8 Å². The van der Waals surface area contributed by atoms with Crippen molar-refractivity contribution in [1.82, 2.24) is 10.3 Å². The Labute approximate surface area is 155 Å². The van der Waals surface area contributed by atoms with Crippen LogP contribution in [0.5, 0.6) is 5.75 Å². The summed E-state index contributed by atoms with van der Waals surface area (Å²) in [5.41, 5.74) is 4.35. The molecule has 0 saturated carbocycles. The van der Waals surface area contributed by atoms with Crippen molar-refractivity contribution in [3.05, 3.63) is 81.3 Å². The standard InChI is InChI=1S/C19H17ClN2O2S/c20-16-6-4-14(5-7-16)8-9-21-19(23)15-2-1-3-18(10-15)24-11-17-12-25-13-22-17/h1-7,10,12-13H,8-9,11H2,(H,21,23). The van der Waals surface area contributed by atoms with Crippen molar-refractivity contribution >= 4 is 28.8 Å². The van der Waals surface area contributed by atoms with Gasteiger partial charge >= 0.3 is 0 Å². The number of carbonyl (C=O) groups excluding carboxylic acids is 1. The Hall–Kier alpha value is -2.37. The third-order valence-electron chi connectivity index (χ3n) is 3.58. The number of nitrogens with one attached hydrogen (secondary N) is 1. The normalized spacial score (nSPS) is 10.4. The summed E-state index contributed by atoms with van der Waals surface area (Å²) >= 11 is 7.39. The highest BCUT2D eigenvalue weighted by Gasteiger charge is 2.07. The van der Waals surface area contributed by atoms with Crippen LogP contribution in [0.25, 0.3) is 0 Å². The molecule has 128 valence electrons. The Kier molecular flexibility index (Phi) is 6.04. The van der Waals surface area contributed by atoms with Gasteiger partial charge in [-0.25, -0.2) is 4.98 Å². The van der Waals surface area contributed by atoms with E-state index in [0.29, 0.717) is 29.5 Å². The van der Waals surface area contributed by atoms with Gasteiger partial charge in [-0.05, 0) is 42.3 Å². The summed E-state index contributed by atoms with van der Waals surface area (Å²) in [5.74, 6) is 0.534. The largest absolute Gasteiger partial charge is 0.487 e. The molecule has 3 rings (SSSR count). The molecule has 0 atom stereocenters. The summed E-state index contributed by atoms with van der Waals surface area (Å²) in [4.78, 5) is 16.4. The van der Waals surface area contributed by atoms with E-state index in [2.05, 4.69) is 10.3 Å². The Morgan fingerprint density at radius 1 is 1.20 bits per heavy atom. The zero-order valence-corrected chi connectivity index (χ0v) is 15.0. The van der Waals surface area contributed by atoms with E-state index in [1.165, 1.54) is 11.3 Å². The molecule has 25 heavy (non-hydrogen) atoms. The molecule has 0 aliphatic heterocycles. The number of ether oxygens (including phenoxy) is 1. The van der Waals surface area contributed by atoms with Crippen LogP contribution in [0.15, 0.2) is 59.4 Å². The number of thiazole rings is 1. The minimum atomic E-state index is -0.118. The van der Waals surface area contributed by atoms with Crippen LogP contribution >= 0.6 is 22.9 Å². The highest BCUT2D eigenvalue weighted by atomic mass is 35.5. The van der Waals surface area contributed by atoms with Gasteiger partial charge in [-0.3, -0.25) is 4.79 Å². The summed E-state index contributed by atoms with van der Waals surface area (Å²) in [5, 5.41) is 5.57. The van der Waals surface area contributed by atoms with Gasteiger partial charge in [0.2, 0.25) is 0 Å². The van der Waals surface area contributed by atoms with Gasteiger partial charge in [-0.2, -0.15) is 0 Å². The van der Waals surface area contributed by atoms with Crippen LogP contribution in [0.1, 0.15) is 21.6 Å². The predicted molar refractivity (Wildman–Crippen MR) is 100 cm³/mol. The summed E-state index contributed by atoms with van der Waals surface area (Å²) < 4.78 is 5.68. The number of amides is 1. The molecule has 0 fully saturated rings. The lowest BCUT2D eigenvalue weighted by molar-refractivity contribution is 0.0953. The molecule has 3 aromatic rings.